The second-order valence-corrected chi connectivity index (χ2v) is 6.07. The van der Waals surface area contributed by atoms with Gasteiger partial charge in [-0.15, -0.1) is 0 Å². The molecule has 0 aliphatic rings. The van der Waals surface area contributed by atoms with Crippen LogP contribution in [0.1, 0.15) is 17.5 Å². The zero-order chi connectivity index (χ0) is 20.1. The molecule has 0 bridgehead atoms. The highest BCUT2D eigenvalue weighted by Gasteiger charge is 2.15. The summed E-state index contributed by atoms with van der Waals surface area (Å²) in [5.74, 6) is -0.651. The fraction of sp³-hybridized carbons (Fsp3) is 0.0476. The lowest BCUT2D eigenvalue weighted by atomic mass is 10.1. The second-order valence-electron chi connectivity index (χ2n) is 6.07. The minimum atomic E-state index is -0.479. The highest BCUT2D eigenvalue weighted by Crippen LogP contribution is 2.29. The summed E-state index contributed by atoms with van der Waals surface area (Å²) in [6, 6.07) is 11.0. The van der Waals surface area contributed by atoms with Crippen LogP contribution in [-0.2, 0) is 9.59 Å². The van der Waals surface area contributed by atoms with Gasteiger partial charge in [0.25, 0.3) is 5.69 Å². The SMILES string of the molecule is O=C(/C=C/c1ccc(O)cc1)CC(=O)/C=C/c1c[nH]c2cccc([N+](=O)[O-])c12. The van der Waals surface area contributed by atoms with Crippen molar-refractivity contribution >= 4 is 40.3 Å². The van der Waals surface area contributed by atoms with Gasteiger partial charge in [-0.1, -0.05) is 24.3 Å². The van der Waals surface area contributed by atoms with Crippen LogP contribution in [0.15, 0.2) is 60.8 Å². The molecule has 0 atom stereocenters. The van der Waals surface area contributed by atoms with E-state index in [4.69, 9.17) is 0 Å². The molecular formula is C21H16N2O5. The third-order valence-electron chi connectivity index (χ3n) is 4.06. The Kier molecular flexibility index (Phi) is 5.45. The molecule has 2 N–H and O–H groups in total. The number of phenols is 1. The van der Waals surface area contributed by atoms with Gasteiger partial charge in [0, 0.05) is 17.8 Å². The monoisotopic (exact) mass is 376 g/mol. The van der Waals surface area contributed by atoms with E-state index >= 15 is 0 Å². The Bertz CT molecular complexity index is 1110. The quantitative estimate of drug-likeness (QED) is 0.280. The van der Waals surface area contributed by atoms with Crippen molar-refractivity contribution in [2.24, 2.45) is 0 Å². The number of nitro groups is 1. The summed E-state index contributed by atoms with van der Waals surface area (Å²) in [7, 11) is 0. The molecule has 3 aromatic rings. The number of carbonyl (C=O) groups is 2. The maximum absolute atomic E-state index is 12.0. The Labute approximate surface area is 159 Å². The van der Waals surface area contributed by atoms with E-state index in [2.05, 4.69) is 4.98 Å². The van der Waals surface area contributed by atoms with Crippen LogP contribution in [0.3, 0.4) is 0 Å². The van der Waals surface area contributed by atoms with Gasteiger partial charge < -0.3 is 10.1 Å². The van der Waals surface area contributed by atoms with E-state index in [9.17, 15) is 24.8 Å². The van der Waals surface area contributed by atoms with Gasteiger partial charge in [0.05, 0.1) is 22.2 Å². The first-order chi connectivity index (χ1) is 13.4. The number of rotatable bonds is 7. The molecule has 1 heterocycles. The van der Waals surface area contributed by atoms with Gasteiger partial charge in [0.2, 0.25) is 0 Å². The van der Waals surface area contributed by atoms with E-state index in [-0.39, 0.29) is 23.6 Å². The van der Waals surface area contributed by atoms with Crippen LogP contribution < -0.4 is 0 Å². The first-order valence-corrected chi connectivity index (χ1v) is 8.39. The average molecular weight is 376 g/mol. The van der Waals surface area contributed by atoms with Crippen molar-refractivity contribution in [3.63, 3.8) is 0 Å². The van der Waals surface area contributed by atoms with Crippen LogP contribution in [0.2, 0.25) is 0 Å². The average Bonchev–Trinajstić information content (AvgIpc) is 3.09. The van der Waals surface area contributed by atoms with Gasteiger partial charge >= 0.3 is 0 Å². The van der Waals surface area contributed by atoms with Gasteiger partial charge in [-0.3, -0.25) is 19.7 Å². The Hall–Kier alpha value is -4.00. The van der Waals surface area contributed by atoms with Gasteiger partial charge in [0.15, 0.2) is 11.6 Å². The minimum Gasteiger partial charge on any atom is -0.508 e. The molecule has 0 aliphatic carbocycles. The van der Waals surface area contributed by atoms with Gasteiger partial charge in [-0.2, -0.15) is 0 Å². The summed E-state index contributed by atoms with van der Waals surface area (Å²) in [5, 5.41) is 20.8. The summed E-state index contributed by atoms with van der Waals surface area (Å²) >= 11 is 0. The number of fused-ring (bicyclic) bond motifs is 1. The molecule has 0 aliphatic heterocycles. The number of nitrogens with zero attached hydrogens (tertiary/aromatic N) is 1. The molecule has 7 nitrogen and oxygen atoms in total. The fourth-order valence-electron chi connectivity index (χ4n) is 2.72. The van der Waals surface area contributed by atoms with Gasteiger partial charge in [-0.05, 0) is 42.0 Å². The molecule has 0 unspecified atom stereocenters. The number of aromatic nitrogens is 1. The Morgan fingerprint density at radius 2 is 1.71 bits per heavy atom. The van der Waals surface area contributed by atoms with Crippen molar-refractivity contribution in [1.82, 2.24) is 4.98 Å². The van der Waals surface area contributed by atoms with E-state index in [0.717, 1.165) is 5.56 Å². The number of ketones is 2. The molecule has 2 aromatic carbocycles. The maximum Gasteiger partial charge on any atom is 0.279 e. The van der Waals surface area contributed by atoms with Crippen LogP contribution in [0.4, 0.5) is 5.69 Å². The molecule has 7 heteroatoms. The molecule has 0 saturated carbocycles. The standard InChI is InChI=1S/C21H16N2O5/c24-16-8-4-14(5-9-16)6-10-17(25)12-18(26)11-7-15-13-22-19-2-1-3-20(21(15)19)23(27)28/h1-11,13,22,24H,12H2/b10-6+,11-7+. The van der Waals surface area contributed by atoms with E-state index in [1.165, 1.54) is 36.4 Å². The van der Waals surface area contributed by atoms with E-state index in [1.54, 1.807) is 36.5 Å². The largest absolute Gasteiger partial charge is 0.508 e. The summed E-state index contributed by atoms with van der Waals surface area (Å²) in [4.78, 5) is 37.6. The number of allylic oxidation sites excluding steroid dienone is 2. The minimum absolute atomic E-state index is 0.0567. The van der Waals surface area contributed by atoms with Crippen LogP contribution >= 0.6 is 0 Å². The van der Waals surface area contributed by atoms with Gasteiger partial charge in [0.1, 0.15) is 5.75 Å². The summed E-state index contributed by atoms with van der Waals surface area (Å²) in [6.07, 6.45) is 6.83. The third-order valence-corrected chi connectivity index (χ3v) is 4.06. The number of benzene rings is 2. The zero-order valence-electron chi connectivity index (χ0n) is 14.7. The number of nitrogens with one attached hydrogen (secondary N) is 1. The number of nitro benzene ring substituents is 1. The molecule has 1 aromatic heterocycles. The Morgan fingerprint density at radius 3 is 2.39 bits per heavy atom. The van der Waals surface area contributed by atoms with Crippen molar-refractivity contribution < 1.29 is 19.6 Å². The van der Waals surface area contributed by atoms with Crippen molar-refractivity contribution in [3.05, 3.63) is 82.1 Å². The number of carbonyl (C=O) groups excluding carboxylic acids is 2. The predicted octanol–water partition coefficient (Wildman–Crippen LogP) is 4.04. The number of aromatic hydroxyl groups is 1. The van der Waals surface area contributed by atoms with Crippen LogP contribution in [0.5, 0.6) is 5.75 Å². The molecule has 0 radical (unpaired) electrons. The first-order valence-electron chi connectivity index (χ1n) is 8.39. The van der Waals surface area contributed by atoms with E-state index < -0.39 is 10.7 Å². The Morgan fingerprint density at radius 1 is 1.04 bits per heavy atom. The number of hydrogen-bond donors (Lipinski definition) is 2. The van der Waals surface area contributed by atoms with Gasteiger partial charge in [-0.25, -0.2) is 0 Å². The third kappa shape index (κ3) is 4.39. The summed E-state index contributed by atoms with van der Waals surface area (Å²) < 4.78 is 0. The highest BCUT2D eigenvalue weighted by atomic mass is 16.6. The molecular weight excluding hydrogens is 360 g/mol. The number of non-ortho nitro benzene ring substituents is 1. The van der Waals surface area contributed by atoms with E-state index in [0.29, 0.717) is 16.5 Å². The lowest BCUT2D eigenvalue weighted by molar-refractivity contribution is -0.383. The molecule has 28 heavy (non-hydrogen) atoms. The molecule has 0 amide bonds. The highest BCUT2D eigenvalue weighted by molar-refractivity contribution is 6.11. The van der Waals surface area contributed by atoms with Crippen molar-refractivity contribution in [1.29, 1.82) is 0 Å². The second kappa shape index (κ2) is 8.13. The normalized spacial score (nSPS) is 11.4. The van der Waals surface area contributed by atoms with Crippen LogP contribution in [0, 0.1) is 10.1 Å². The molecule has 0 saturated heterocycles. The summed E-state index contributed by atoms with van der Waals surface area (Å²) in [5.41, 5.74) is 1.76. The fourth-order valence-corrected chi connectivity index (χ4v) is 2.72. The maximum atomic E-state index is 12.0. The smallest absolute Gasteiger partial charge is 0.279 e. The number of aromatic amines is 1. The van der Waals surface area contributed by atoms with Crippen LogP contribution in [0.25, 0.3) is 23.1 Å². The predicted molar refractivity (Wildman–Crippen MR) is 106 cm³/mol. The summed E-state index contributed by atoms with van der Waals surface area (Å²) in [6.45, 7) is 0. The number of H-pyrrole nitrogens is 1. The van der Waals surface area contributed by atoms with Crippen molar-refractivity contribution in [2.75, 3.05) is 0 Å². The molecule has 3 rings (SSSR count). The van der Waals surface area contributed by atoms with Crippen LogP contribution in [-0.4, -0.2) is 26.6 Å². The van der Waals surface area contributed by atoms with Crippen molar-refractivity contribution in [3.8, 4) is 5.75 Å². The first kappa shape index (κ1) is 18.8. The zero-order valence-corrected chi connectivity index (χ0v) is 14.7. The Balaban J connectivity index is 1.68. The molecule has 0 fully saturated rings. The topological polar surface area (TPSA) is 113 Å². The van der Waals surface area contributed by atoms with Crippen molar-refractivity contribution in [2.45, 2.75) is 6.42 Å². The number of hydrogen-bond acceptors (Lipinski definition) is 5. The molecule has 0 spiro atoms. The number of phenolic OH excluding ortho intramolecular Hbond substituents is 1. The lowest BCUT2D eigenvalue weighted by Crippen LogP contribution is -2.01. The lowest BCUT2D eigenvalue weighted by Gasteiger charge is -1.96. The van der Waals surface area contributed by atoms with E-state index in [1.807, 2.05) is 0 Å². The molecule has 140 valence electrons.